The van der Waals surface area contributed by atoms with Crippen LogP contribution in [0.1, 0.15) is 17.2 Å². The summed E-state index contributed by atoms with van der Waals surface area (Å²) in [5.74, 6) is -1.25. The molecule has 7 heteroatoms. The summed E-state index contributed by atoms with van der Waals surface area (Å²) in [5.41, 5.74) is 1.23. The van der Waals surface area contributed by atoms with Crippen molar-refractivity contribution >= 4 is 17.7 Å². The molecular formula is C14H15F3O3S. The summed E-state index contributed by atoms with van der Waals surface area (Å²) in [6, 6.07) is 6.48. The van der Waals surface area contributed by atoms with Gasteiger partial charge in [0.05, 0.1) is 13.7 Å². The molecule has 1 fully saturated rings. The first kappa shape index (κ1) is 16.2. The molecule has 0 amide bonds. The van der Waals surface area contributed by atoms with E-state index in [-0.39, 0.29) is 12.4 Å². The molecule has 1 aliphatic heterocycles. The van der Waals surface area contributed by atoms with Gasteiger partial charge in [-0.1, -0.05) is 29.8 Å². The highest BCUT2D eigenvalue weighted by Gasteiger charge is 2.68. The molecule has 1 heterocycles. The van der Waals surface area contributed by atoms with E-state index >= 15 is 0 Å². The number of carbonyl (C=O) groups is 1. The third-order valence-electron chi connectivity index (χ3n) is 3.36. The number of esters is 1. The summed E-state index contributed by atoms with van der Waals surface area (Å²) < 4.78 is 48.0. The Bertz CT molecular complexity index is 515. The highest BCUT2D eigenvalue weighted by Crippen LogP contribution is 2.54. The Labute approximate surface area is 124 Å². The number of rotatable bonds is 2. The Kier molecular flexibility index (Phi) is 4.53. The van der Waals surface area contributed by atoms with Gasteiger partial charge in [0.25, 0.3) is 0 Å². The van der Waals surface area contributed by atoms with E-state index < -0.39 is 23.0 Å². The first-order chi connectivity index (χ1) is 9.83. The maximum absolute atomic E-state index is 13.6. The summed E-state index contributed by atoms with van der Waals surface area (Å²) in [5, 5.41) is 0. The lowest BCUT2D eigenvalue weighted by atomic mass is 9.93. The Morgan fingerprint density at radius 3 is 2.52 bits per heavy atom. The van der Waals surface area contributed by atoms with Crippen LogP contribution in [0.3, 0.4) is 0 Å². The molecule has 0 bridgehead atoms. The van der Waals surface area contributed by atoms with Gasteiger partial charge in [-0.2, -0.15) is 13.2 Å². The van der Waals surface area contributed by atoms with Crippen molar-refractivity contribution in [1.82, 2.24) is 0 Å². The third-order valence-corrected chi connectivity index (χ3v) is 4.80. The Balaban J connectivity index is 2.53. The SMILES string of the molecule is COC(=O)[C@@]1(C(F)(F)F)SCCO[C@@H]1c1ccc(C)cc1. The van der Waals surface area contributed by atoms with Crippen LogP contribution < -0.4 is 0 Å². The first-order valence-corrected chi connectivity index (χ1v) is 7.28. The number of benzene rings is 1. The lowest BCUT2D eigenvalue weighted by Gasteiger charge is -2.41. The van der Waals surface area contributed by atoms with E-state index in [0.717, 1.165) is 12.7 Å². The fourth-order valence-corrected chi connectivity index (χ4v) is 3.52. The van der Waals surface area contributed by atoms with Crippen LogP contribution >= 0.6 is 11.8 Å². The molecule has 1 aromatic rings. The van der Waals surface area contributed by atoms with Crippen LogP contribution in [0.25, 0.3) is 0 Å². The summed E-state index contributed by atoms with van der Waals surface area (Å²) in [7, 11) is 0.956. The summed E-state index contributed by atoms with van der Waals surface area (Å²) >= 11 is 0.533. The summed E-state index contributed by atoms with van der Waals surface area (Å²) in [6.45, 7) is 1.98. The molecule has 116 valence electrons. The second-order valence-corrected chi connectivity index (χ2v) is 6.08. The maximum atomic E-state index is 13.6. The van der Waals surface area contributed by atoms with Gasteiger partial charge in [0, 0.05) is 5.75 Å². The number of thioether (sulfide) groups is 1. The summed E-state index contributed by atoms with van der Waals surface area (Å²) in [6.07, 6.45) is -6.19. The van der Waals surface area contributed by atoms with Crippen LogP contribution in [0.15, 0.2) is 24.3 Å². The van der Waals surface area contributed by atoms with Gasteiger partial charge >= 0.3 is 12.1 Å². The number of halogens is 3. The molecule has 0 saturated carbocycles. The fraction of sp³-hybridized carbons (Fsp3) is 0.500. The Morgan fingerprint density at radius 2 is 2.00 bits per heavy atom. The smallest absolute Gasteiger partial charge is 0.416 e. The zero-order valence-corrected chi connectivity index (χ0v) is 12.4. The predicted molar refractivity (Wildman–Crippen MR) is 73.1 cm³/mol. The van der Waals surface area contributed by atoms with E-state index in [0.29, 0.717) is 17.3 Å². The molecule has 3 nitrogen and oxygen atoms in total. The lowest BCUT2D eigenvalue weighted by Crippen LogP contribution is -2.57. The Morgan fingerprint density at radius 1 is 1.38 bits per heavy atom. The topological polar surface area (TPSA) is 35.5 Å². The number of hydrogen-bond acceptors (Lipinski definition) is 4. The van der Waals surface area contributed by atoms with Crippen molar-refractivity contribution in [2.45, 2.75) is 24.0 Å². The van der Waals surface area contributed by atoms with Crippen molar-refractivity contribution in [2.24, 2.45) is 0 Å². The fourth-order valence-electron chi connectivity index (χ4n) is 2.30. The average Bonchev–Trinajstić information content (AvgIpc) is 2.46. The van der Waals surface area contributed by atoms with Crippen LogP contribution in [0, 0.1) is 6.92 Å². The predicted octanol–water partition coefficient (Wildman–Crippen LogP) is 3.27. The first-order valence-electron chi connectivity index (χ1n) is 6.30. The molecule has 2 atom stereocenters. The van der Waals surface area contributed by atoms with Gasteiger partial charge in [-0.25, -0.2) is 0 Å². The molecule has 0 aliphatic carbocycles. The van der Waals surface area contributed by atoms with Gasteiger partial charge in [0.2, 0.25) is 4.75 Å². The minimum atomic E-state index is -4.78. The normalized spacial score (nSPS) is 26.4. The maximum Gasteiger partial charge on any atom is 0.416 e. The second kappa shape index (κ2) is 5.88. The number of carbonyl (C=O) groups excluding carboxylic acids is 1. The number of aryl methyl sites for hydroxylation is 1. The Hall–Kier alpha value is -1.21. The van der Waals surface area contributed by atoms with E-state index in [1.165, 1.54) is 0 Å². The van der Waals surface area contributed by atoms with Crippen LogP contribution in [0.4, 0.5) is 13.2 Å². The number of hydrogen-bond donors (Lipinski definition) is 0. The number of ether oxygens (including phenoxy) is 2. The standard InChI is InChI=1S/C14H15F3O3S/c1-9-3-5-10(6-4-9)11-13(12(18)19-2,14(15,16)17)21-8-7-20-11/h3-6,11H,7-8H2,1-2H3/t11-,13+/m1/s1. The van der Waals surface area contributed by atoms with Crippen molar-refractivity contribution in [3.8, 4) is 0 Å². The van der Waals surface area contributed by atoms with Crippen molar-refractivity contribution in [3.05, 3.63) is 35.4 Å². The van der Waals surface area contributed by atoms with Crippen molar-refractivity contribution in [2.75, 3.05) is 19.5 Å². The van der Waals surface area contributed by atoms with E-state index in [2.05, 4.69) is 4.74 Å². The minimum Gasteiger partial charge on any atom is -0.468 e. The van der Waals surface area contributed by atoms with Gasteiger partial charge in [-0.05, 0) is 12.5 Å². The van der Waals surface area contributed by atoms with E-state index in [4.69, 9.17) is 4.74 Å². The van der Waals surface area contributed by atoms with Crippen molar-refractivity contribution in [1.29, 1.82) is 0 Å². The van der Waals surface area contributed by atoms with Crippen LogP contribution in [0.2, 0.25) is 0 Å². The van der Waals surface area contributed by atoms with Gasteiger partial charge in [-0.3, -0.25) is 4.79 Å². The van der Waals surface area contributed by atoms with Crippen LogP contribution in [-0.2, 0) is 14.3 Å². The minimum absolute atomic E-state index is 0.0803. The van der Waals surface area contributed by atoms with Crippen molar-refractivity contribution in [3.63, 3.8) is 0 Å². The van der Waals surface area contributed by atoms with E-state index in [1.54, 1.807) is 24.3 Å². The molecule has 0 unspecified atom stereocenters. The molecule has 0 spiro atoms. The quantitative estimate of drug-likeness (QED) is 0.784. The van der Waals surface area contributed by atoms with Crippen LogP contribution in [0.5, 0.6) is 0 Å². The molecule has 1 aliphatic rings. The van der Waals surface area contributed by atoms with Gasteiger partial charge in [0.15, 0.2) is 0 Å². The molecule has 2 rings (SSSR count). The van der Waals surface area contributed by atoms with Crippen molar-refractivity contribution < 1.29 is 27.4 Å². The zero-order chi connectivity index (χ0) is 15.7. The van der Waals surface area contributed by atoms with Gasteiger partial charge < -0.3 is 9.47 Å². The molecule has 21 heavy (non-hydrogen) atoms. The van der Waals surface area contributed by atoms with E-state index in [9.17, 15) is 18.0 Å². The monoisotopic (exact) mass is 320 g/mol. The molecule has 0 aromatic heterocycles. The largest absolute Gasteiger partial charge is 0.468 e. The van der Waals surface area contributed by atoms with Gasteiger partial charge in [0.1, 0.15) is 6.10 Å². The molecular weight excluding hydrogens is 305 g/mol. The van der Waals surface area contributed by atoms with E-state index in [1.807, 2.05) is 6.92 Å². The number of methoxy groups -OCH3 is 1. The molecule has 1 aromatic carbocycles. The van der Waals surface area contributed by atoms with Crippen LogP contribution in [-0.4, -0.2) is 36.4 Å². The average molecular weight is 320 g/mol. The highest BCUT2D eigenvalue weighted by molar-refractivity contribution is 8.01. The lowest BCUT2D eigenvalue weighted by molar-refractivity contribution is -0.208. The number of alkyl halides is 3. The molecule has 0 N–H and O–H groups in total. The second-order valence-electron chi connectivity index (χ2n) is 4.73. The third kappa shape index (κ3) is 2.76. The molecule has 1 saturated heterocycles. The molecule has 0 radical (unpaired) electrons. The highest BCUT2D eigenvalue weighted by atomic mass is 32.2. The summed E-state index contributed by atoms with van der Waals surface area (Å²) in [4.78, 5) is 11.9. The zero-order valence-electron chi connectivity index (χ0n) is 11.6. The van der Waals surface area contributed by atoms with Gasteiger partial charge in [-0.15, -0.1) is 11.8 Å².